The first kappa shape index (κ1) is 19.1. The Morgan fingerprint density at radius 2 is 1.58 bits per heavy atom. The van der Waals surface area contributed by atoms with E-state index in [2.05, 4.69) is 97.4 Å². The van der Waals surface area contributed by atoms with Gasteiger partial charge in [-0.3, -0.25) is 0 Å². The first-order chi connectivity index (χ1) is 10.7. The quantitative estimate of drug-likeness (QED) is 0.552. The molecule has 2 nitrogen and oxygen atoms in total. The standard InChI is InChI=1S/C21H35NOSi/c1-15(2)18-14-22(20(3,4)5)19-12-11-16(13-17(18)19)23-24(9,10)21(6,7)8/h11-15H,1-10H3. The third kappa shape index (κ3) is 3.56. The molecule has 0 spiro atoms. The van der Waals surface area contributed by atoms with Gasteiger partial charge in [0, 0.05) is 22.6 Å². The van der Waals surface area contributed by atoms with Gasteiger partial charge in [0.15, 0.2) is 0 Å². The molecule has 1 heterocycles. The Morgan fingerprint density at radius 1 is 1.00 bits per heavy atom. The number of hydrogen-bond acceptors (Lipinski definition) is 1. The first-order valence-electron chi connectivity index (χ1n) is 9.08. The number of aromatic nitrogens is 1. The molecule has 134 valence electrons. The van der Waals surface area contributed by atoms with Crippen LogP contribution in [0.1, 0.15) is 66.9 Å². The van der Waals surface area contributed by atoms with E-state index in [4.69, 9.17) is 4.43 Å². The number of nitrogens with zero attached hydrogens (tertiary/aromatic N) is 1. The predicted molar refractivity (Wildman–Crippen MR) is 109 cm³/mol. The average molecular weight is 346 g/mol. The van der Waals surface area contributed by atoms with Crippen LogP contribution in [-0.2, 0) is 5.54 Å². The molecule has 0 N–H and O–H groups in total. The van der Waals surface area contributed by atoms with Crippen LogP contribution >= 0.6 is 0 Å². The number of benzene rings is 1. The molecule has 0 bridgehead atoms. The Kier molecular flexibility index (Phi) is 4.73. The van der Waals surface area contributed by atoms with Gasteiger partial charge in [-0.1, -0.05) is 34.6 Å². The summed E-state index contributed by atoms with van der Waals surface area (Å²) in [6.07, 6.45) is 2.32. The molecule has 0 fully saturated rings. The molecule has 0 radical (unpaired) electrons. The number of rotatable bonds is 3. The van der Waals surface area contributed by atoms with E-state index in [0.29, 0.717) is 5.92 Å². The lowest BCUT2D eigenvalue weighted by atomic mass is 10.0. The maximum Gasteiger partial charge on any atom is 0.250 e. The van der Waals surface area contributed by atoms with Crippen molar-refractivity contribution in [1.29, 1.82) is 0 Å². The van der Waals surface area contributed by atoms with Crippen molar-refractivity contribution >= 4 is 19.2 Å². The smallest absolute Gasteiger partial charge is 0.250 e. The van der Waals surface area contributed by atoms with Gasteiger partial charge in [0.05, 0.1) is 0 Å². The van der Waals surface area contributed by atoms with E-state index in [1.165, 1.54) is 16.5 Å². The molecule has 0 aliphatic heterocycles. The fourth-order valence-corrected chi connectivity index (χ4v) is 3.78. The van der Waals surface area contributed by atoms with Gasteiger partial charge >= 0.3 is 0 Å². The molecule has 0 atom stereocenters. The normalized spacial score (nSPS) is 13.8. The summed E-state index contributed by atoms with van der Waals surface area (Å²) >= 11 is 0. The second-order valence-electron chi connectivity index (χ2n) is 9.82. The van der Waals surface area contributed by atoms with Gasteiger partial charge in [0.1, 0.15) is 5.75 Å². The van der Waals surface area contributed by atoms with Gasteiger partial charge in [-0.15, -0.1) is 0 Å². The molecule has 0 unspecified atom stereocenters. The lowest BCUT2D eigenvalue weighted by Crippen LogP contribution is -2.43. The molecule has 0 aliphatic rings. The zero-order valence-electron chi connectivity index (χ0n) is 17.2. The molecule has 0 amide bonds. The molecule has 1 aromatic carbocycles. The van der Waals surface area contributed by atoms with Crippen molar-refractivity contribution in [1.82, 2.24) is 4.57 Å². The largest absolute Gasteiger partial charge is 0.543 e. The Morgan fingerprint density at radius 3 is 2.04 bits per heavy atom. The second-order valence-corrected chi connectivity index (χ2v) is 14.5. The minimum Gasteiger partial charge on any atom is -0.543 e. The molecule has 3 heteroatoms. The van der Waals surface area contributed by atoms with Crippen LogP contribution < -0.4 is 4.43 Å². The summed E-state index contributed by atoms with van der Waals surface area (Å²) in [5, 5.41) is 1.54. The molecular formula is C21H35NOSi. The van der Waals surface area contributed by atoms with Crippen LogP contribution in [0, 0.1) is 0 Å². The van der Waals surface area contributed by atoms with Gasteiger partial charge in [0.25, 0.3) is 0 Å². The molecular weight excluding hydrogens is 310 g/mol. The molecule has 2 rings (SSSR count). The van der Waals surface area contributed by atoms with Crippen LogP contribution in [0.5, 0.6) is 5.75 Å². The Hall–Kier alpha value is -1.22. The van der Waals surface area contributed by atoms with Crippen molar-refractivity contribution in [3.05, 3.63) is 30.0 Å². The molecule has 1 aromatic heterocycles. The highest BCUT2D eigenvalue weighted by atomic mass is 28.4. The van der Waals surface area contributed by atoms with Crippen molar-refractivity contribution in [2.45, 2.75) is 85.0 Å². The summed E-state index contributed by atoms with van der Waals surface area (Å²) in [5.41, 5.74) is 2.78. The van der Waals surface area contributed by atoms with E-state index < -0.39 is 8.32 Å². The first-order valence-corrected chi connectivity index (χ1v) is 12.0. The van der Waals surface area contributed by atoms with E-state index in [1.54, 1.807) is 0 Å². The maximum atomic E-state index is 6.53. The summed E-state index contributed by atoms with van der Waals surface area (Å²) in [6.45, 7) is 22.8. The van der Waals surface area contributed by atoms with E-state index >= 15 is 0 Å². The van der Waals surface area contributed by atoms with Gasteiger partial charge in [-0.2, -0.15) is 0 Å². The molecule has 24 heavy (non-hydrogen) atoms. The highest BCUT2D eigenvalue weighted by molar-refractivity contribution is 6.74. The average Bonchev–Trinajstić information content (AvgIpc) is 2.75. The summed E-state index contributed by atoms with van der Waals surface area (Å²) < 4.78 is 8.93. The zero-order valence-corrected chi connectivity index (χ0v) is 18.2. The Balaban J connectivity index is 2.57. The molecule has 2 aromatic rings. The fourth-order valence-electron chi connectivity index (χ4n) is 2.76. The molecule has 0 saturated heterocycles. The SMILES string of the molecule is CC(C)c1cn(C(C)(C)C)c2ccc(O[Si](C)(C)C(C)(C)C)cc12. The zero-order chi connectivity index (χ0) is 18.5. The van der Waals surface area contributed by atoms with Gasteiger partial charge in [0.2, 0.25) is 8.32 Å². The van der Waals surface area contributed by atoms with Crippen LogP contribution in [0.15, 0.2) is 24.4 Å². The molecule has 0 saturated carbocycles. The topological polar surface area (TPSA) is 14.2 Å². The van der Waals surface area contributed by atoms with Crippen molar-refractivity contribution < 1.29 is 4.43 Å². The van der Waals surface area contributed by atoms with Crippen LogP contribution in [-0.4, -0.2) is 12.9 Å². The number of hydrogen-bond donors (Lipinski definition) is 0. The van der Waals surface area contributed by atoms with E-state index in [0.717, 1.165) is 5.75 Å². The fraction of sp³-hybridized carbons (Fsp3) is 0.619. The minimum absolute atomic E-state index is 0.0766. The van der Waals surface area contributed by atoms with Crippen molar-refractivity contribution in [3.8, 4) is 5.75 Å². The Bertz CT molecular complexity index is 727. The third-order valence-electron chi connectivity index (χ3n) is 5.33. The lowest BCUT2D eigenvalue weighted by molar-refractivity contribution is 0.409. The summed E-state index contributed by atoms with van der Waals surface area (Å²) in [4.78, 5) is 0. The maximum absolute atomic E-state index is 6.53. The highest BCUT2D eigenvalue weighted by Gasteiger charge is 2.39. The minimum atomic E-state index is -1.81. The summed E-state index contributed by atoms with van der Waals surface area (Å²) in [7, 11) is -1.81. The monoisotopic (exact) mass is 345 g/mol. The third-order valence-corrected chi connectivity index (χ3v) is 9.69. The number of fused-ring (bicyclic) bond motifs is 1. The van der Waals surface area contributed by atoms with Crippen LogP contribution in [0.2, 0.25) is 18.1 Å². The van der Waals surface area contributed by atoms with Crippen molar-refractivity contribution in [2.75, 3.05) is 0 Å². The van der Waals surface area contributed by atoms with Crippen molar-refractivity contribution in [2.24, 2.45) is 0 Å². The van der Waals surface area contributed by atoms with E-state index in [1.807, 2.05) is 0 Å². The molecule has 0 aliphatic carbocycles. The van der Waals surface area contributed by atoms with Gasteiger partial charge < -0.3 is 8.99 Å². The van der Waals surface area contributed by atoms with Crippen molar-refractivity contribution in [3.63, 3.8) is 0 Å². The van der Waals surface area contributed by atoms with E-state index in [-0.39, 0.29) is 10.6 Å². The summed E-state index contributed by atoms with van der Waals surface area (Å²) in [5.74, 6) is 1.52. The second kappa shape index (κ2) is 5.94. The van der Waals surface area contributed by atoms with Crippen LogP contribution in [0.4, 0.5) is 0 Å². The highest BCUT2D eigenvalue weighted by Crippen LogP contribution is 2.39. The predicted octanol–water partition coefficient (Wildman–Crippen LogP) is 6.90. The summed E-state index contributed by atoms with van der Waals surface area (Å²) in [6, 6.07) is 6.64. The van der Waals surface area contributed by atoms with Crippen LogP contribution in [0.3, 0.4) is 0 Å². The van der Waals surface area contributed by atoms with Gasteiger partial charge in [-0.25, -0.2) is 0 Å². The Labute approximate surface area is 149 Å². The lowest BCUT2D eigenvalue weighted by Gasteiger charge is -2.36. The van der Waals surface area contributed by atoms with E-state index in [9.17, 15) is 0 Å². The van der Waals surface area contributed by atoms with Gasteiger partial charge in [-0.05, 0) is 68.6 Å². The van der Waals surface area contributed by atoms with Crippen LogP contribution in [0.25, 0.3) is 10.9 Å².